The van der Waals surface area contributed by atoms with Gasteiger partial charge in [-0.25, -0.2) is 4.98 Å². The number of hydrogen-bond donors (Lipinski definition) is 1. The molecule has 4 bridgehead atoms. The highest BCUT2D eigenvalue weighted by Crippen LogP contribution is 2.60. The summed E-state index contributed by atoms with van der Waals surface area (Å²) in [6, 6.07) is 0. The Balaban J connectivity index is 1.61. The standard InChI is InChI=1S/C15H22N4S/c1-20-14-18-12(17-13(16)19-14)8-15-5-9-2-10(6-15)4-11(3-9)7-15/h9-11H,2-8H2,1H3,(H2,16,17,18,19). The number of hydrogen-bond acceptors (Lipinski definition) is 5. The number of anilines is 1. The highest BCUT2D eigenvalue weighted by atomic mass is 32.2. The zero-order valence-corrected chi connectivity index (χ0v) is 12.8. The quantitative estimate of drug-likeness (QED) is 0.867. The molecular formula is C15H22N4S. The minimum Gasteiger partial charge on any atom is -0.368 e. The normalized spacial score (nSPS) is 38.4. The van der Waals surface area contributed by atoms with E-state index in [1.807, 2.05) is 6.26 Å². The third-order valence-electron chi connectivity index (χ3n) is 5.56. The first-order valence-corrected chi connectivity index (χ1v) is 8.91. The summed E-state index contributed by atoms with van der Waals surface area (Å²) in [5.74, 6) is 4.22. The van der Waals surface area contributed by atoms with E-state index in [4.69, 9.17) is 5.73 Å². The third-order valence-corrected chi connectivity index (χ3v) is 6.11. The van der Waals surface area contributed by atoms with Crippen LogP contribution >= 0.6 is 11.8 Å². The Morgan fingerprint density at radius 1 is 1.05 bits per heavy atom. The van der Waals surface area contributed by atoms with Crippen LogP contribution in [0.25, 0.3) is 0 Å². The molecule has 20 heavy (non-hydrogen) atoms. The summed E-state index contributed by atoms with van der Waals surface area (Å²) in [5, 5.41) is 0.761. The van der Waals surface area contributed by atoms with Crippen molar-refractivity contribution in [2.45, 2.75) is 50.1 Å². The van der Waals surface area contributed by atoms with E-state index < -0.39 is 0 Å². The Labute approximate surface area is 124 Å². The summed E-state index contributed by atoms with van der Waals surface area (Å²) in [5.41, 5.74) is 6.30. The van der Waals surface area contributed by atoms with Crippen molar-refractivity contribution >= 4 is 17.7 Å². The average Bonchev–Trinajstić information content (AvgIpc) is 2.35. The lowest BCUT2D eigenvalue weighted by Gasteiger charge is -2.56. The molecule has 4 aliphatic rings. The molecule has 4 fully saturated rings. The summed E-state index contributed by atoms with van der Waals surface area (Å²) in [7, 11) is 0. The second kappa shape index (κ2) is 4.58. The second-order valence-electron chi connectivity index (χ2n) is 7.19. The van der Waals surface area contributed by atoms with Gasteiger partial charge in [0.1, 0.15) is 5.82 Å². The molecule has 4 saturated carbocycles. The van der Waals surface area contributed by atoms with Crippen molar-refractivity contribution in [3.63, 3.8) is 0 Å². The van der Waals surface area contributed by atoms with Gasteiger partial charge in [-0.3, -0.25) is 0 Å². The van der Waals surface area contributed by atoms with Crippen molar-refractivity contribution in [3.8, 4) is 0 Å². The predicted octanol–water partition coefficient (Wildman–Crippen LogP) is 2.93. The van der Waals surface area contributed by atoms with Crippen LogP contribution in [-0.4, -0.2) is 21.2 Å². The van der Waals surface area contributed by atoms with Gasteiger partial charge in [0.15, 0.2) is 5.16 Å². The molecule has 4 aliphatic carbocycles. The van der Waals surface area contributed by atoms with E-state index in [-0.39, 0.29) is 0 Å². The van der Waals surface area contributed by atoms with Gasteiger partial charge >= 0.3 is 0 Å². The first-order chi connectivity index (χ1) is 9.64. The molecule has 1 aromatic rings. The molecule has 2 N–H and O–H groups in total. The zero-order chi connectivity index (χ0) is 13.7. The fourth-order valence-corrected chi connectivity index (χ4v) is 5.81. The number of nitrogens with two attached hydrogens (primary N) is 1. The van der Waals surface area contributed by atoms with Gasteiger partial charge in [0.2, 0.25) is 5.95 Å². The number of nitrogen functional groups attached to an aromatic ring is 1. The van der Waals surface area contributed by atoms with Gasteiger partial charge in [-0.05, 0) is 67.9 Å². The molecule has 0 radical (unpaired) electrons. The van der Waals surface area contributed by atoms with Crippen LogP contribution in [-0.2, 0) is 6.42 Å². The molecule has 0 saturated heterocycles. The van der Waals surface area contributed by atoms with Crippen molar-refractivity contribution < 1.29 is 0 Å². The number of rotatable bonds is 3. The summed E-state index contributed by atoms with van der Waals surface area (Å²) in [6.45, 7) is 0. The molecule has 0 atom stereocenters. The molecule has 5 rings (SSSR count). The lowest BCUT2D eigenvalue weighted by Crippen LogP contribution is -2.47. The van der Waals surface area contributed by atoms with Gasteiger partial charge in [-0.1, -0.05) is 11.8 Å². The number of thioether (sulfide) groups is 1. The van der Waals surface area contributed by atoms with Gasteiger partial charge in [0, 0.05) is 6.42 Å². The van der Waals surface area contributed by atoms with E-state index in [1.54, 1.807) is 11.8 Å². The summed E-state index contributed by atoms with van der Waals surface area (Å²) < 4.78 is 0. The van der Waals surface area contributed by atoms with E-state index in [2.05, 4.69) is 15.0 Å². The molecule has 4 nitrogen and oxygen atoms in total. The van der Waals surface area contributed by atoms with Gasteiger partial charge < -0.3 is 5.73 Å². The van der Waals surface area contributed by atoms with Gasteiger partial charge in [-0.2, -0.15) is 9.97 Å². The van der Waals surface area contributed by atoms with E-state index in [0.717, 1.165) is 35.2 Å². The van der Waals surface area contributed by atoms with Crippen molar-refractivity contribution in [3.05, 3.63) is 5.82 Å². The van der Waals surface area contributed by atoms with Crippen LogP contribution in [0.2, 0.25) is 0 Å². The van der Waals surface area contributed by atoms with Crippen LogP contribution in [0.1, 0.15) is 44.3 Å². The first-order valence-electron chi connectivity index (χ1n) is 7.68. The molecule has 1 aromatic heterocycles. The Morgan fingerprint density at radius 2 is 1.65 bits per heavy atom. The maximum absolute atomic E-state index is 5.83. The summed E-state index contributed by atoms with van der Waals surface area (Å²) in [4.78, 5) is 13.2. The molecule has 0 aromatic carbocycles. The van der Waals surface area contributed by atoms with Gasteiger partial charge in [0.25, 0.3) is 0 Å². The van der Waals surface area contributed by atoms with Crippen LogP contribution in [0, 0.1) is 23.2 Å². The Bertz CT molecular complexity index is 495. The van der Waals surface area contributed by atoms with Crippen LogP contribution in [0.3, 0.4) is 0 Å². The molecule has 5 heteroatoms. The summed E-state index contributed by atoms with van der Waals surface area (Å²) in [6.07, 6.45) is 11.6. The van der Waals surface area contributed by atoms with E-state index in [0.29, 0.717) is 11.4 Å². The van der Waals surface area contributed by atoms with Crippen molar-refractivity contribution in [2.24, 2.45) is 23.2 Å². The van der Waals surface area contributed by atoms with Crippen molar-refractivity contribution in [2.75, 3.05) is 12.0 Å². The predicted molar refractivity (Wildman–Crippen MR) is 80.3 cm³/mol. The van der Waals surface area contributed by atoms with E-state index >= 15 is 0 Å². The van der Waals surface area contributed by atoms with Crippen molar-refractivity contribution in [1.82, 2.24) is 15.0 Å². The van der Waals surface area contributed by atoms with E-state index in [1.165, 1.54) is 38.5 Å². The fourth-order valence-electron chi connectivity index (χ4n) is 5.43. The number of nitrogens with zero attached hydrogens (tertiary/aromatic N) is 3. The highest BCUT2D eigenvalue weighted by molar-refractivity contribution is 7.98. The monoisotopic (exact) mass is 290 g/mol. The van der Waals surface area contributed by atoms with Gasteiger partial charge in [-0.15, -0.1) is 0 Å². The molecule has 0 amide bonds. The SMILES string of the molecule is CSc1nc(N)nc(CC23CC4CC(CC(C4)C2)C3)n1. The Kier molecular flexibility index (Phi) is 2.95. The molecular weight excluding hydrogens is 268 g/mol. The Morgan fingerprint density at radius 3 is 2.20 bits per heavy atom. The minimum absolute atomic E-state index is 0.379. The maximum Gasteiger partial charge on any atom is 0.224 e. The molecule has 108 valence electrons. The lowest BCUT2D eigenvalue weighted by molar-refractivity contribution is -0.0532. The molecule has 0 spiro atoms. The fraction of sp³-hybridized carbons (Fsp3) is 0.800. The van der Waals surface area contributed by atoms with E-state index in [9.17, 15) is 0 Å². The highest BCUT2D eigenvalue weighted by Gasteiger charge is 2.51. The second-order valence-corrected chi connectivity index (χ2v) is 7.96. The van der Waals surface area contributed by atoms with Crippen LogP contribution in [0.15, 0.2) is 5.16 Å². The zero-order valence-electron chi connectivity index (χ0n) is 12.0. The lowest BCUT2D eigenvalue weighted by atomic mass is 9.49. The molecule has 0 unspecified atom stereocenters. The molecule has 0 aliphatic heterocycles. The largest absolute Gasteiger partial charge is 0.368 e. The first kappa shape index (κ1) is 12.9. The summed E-state index contributed by atoms with van der Waals surface area (Å²) >= 11 is 1.55. The topological polar surface area (TPSA) is 64.7 Å². The van der Waals surface area contributed by atoms with Crippen LogP contribution in [0.5, 0.6) is 0 Å². The molecule has 1 heterocycles. The average molecular weight is 290 g/mol. The smallest absolute Gasteiger partial charge is 0.224 e. The number of aromatic nitrogens is 3. The maximum atomic E-state index is 5.83. The van der Waals surface area contributed by atoms with Gasteiger partial charge in [0.05, 0.1) is 0 Å². The van der Waals surface area contributed by atoms with Crippen LogP contribution in [0.4, 0.5) is 5.95 Å². The van der Waals surface area contributed by atoms with Crippen molar-refractivity contribution in [1.29, 1.82) is 0 Å². The minimum atomic E-state index is 0.379. The van der Waals surface area contributed by atoms with Crippen LogP contribution < -0.4 is 5.73 Å². The third kappa shape index (κ3) is 2.20. The Hall–Kier alpha value is -0.840.